The van der Waals surface area contributed by atoms with Gasteiger partial charge in [-0.05, 0) is 37.1 Å². The van der Waals surface area contributed by atoms with Crippen LogP contribution in [-0.4, -0.2) is 11.7 Å². The second-order valence-corrected chi connectivity index (χ2v) is 5.85. The van der Waals surface area contributed by atoms with Gasteiger partial charge in [0.25, 0.3) is 0 Å². The molecule has 22 heavy (non-hydrogen) atoms. The number of carbonyl (C=O) groups is 2. The van der Waals surface area contributed by atoms with E-state index < -0.39 is 0 Å². The van der Waals surface area contributed by atoms with Gasteiger partial charge in [0.1, 0.15) is 0 Å². The third-order valence-corrected chi connectivity index (χ3v) is 4.19. The maximum absolute atomic E-state index is 12.5. The zero-order valence-corrected chi connectivity index (χ0v) is 12.9. The van der Waals surface area contributed by atoms with Crippen LogP contribution in [0.15, 0.2) is 42.5 Å². The highest BCUT2D eigenvalue weighted by Crippen LogP contribution is 2.29. The highest BCUT2D eigenvalue weighted by Gasteiger charge is 2.26. The van der Waals surface area contributed by atoms with E-state index in [0.29, 0.717) is 18.5 Å². The summed E-state index contributed by atoms with van der Waals surface area (Å²) < 4.78 is 0. The molecule has 2 aromatic carbocycles. The van der Waals surface area contributed by atoms with E-state index in [2.05, 4.69) is 32.0 Å². The summed E-state index contributed by atoms with van der Waals surface area (Å²) in [6.07, 6.45) is 0.567. The second kappa shape index (κ2) is 5.76. The minimum atomic E-state index is 0.0123. The molecule has 3 nitrogen and oxygen atoms in total. The minimum absolute atomic E-state index is 0.0123. The Labute approximate surface area is 130 Å². The van der Waals surface area contributed by atoms with Crippen LogP contribution in [0.25, 0.3) is 0 Å². The monoisotopic (exact) mass is 293 g/mol. The van der Waals surface area contributed by atoms with Crippen molar-refractivity contribution in [2.45, 2.75) is 33.2 Å². The smallest absolute Gasteiger partial charge is 0.227 e. The van der Waals surface area contributed by atoms with Crippen molar-refractivity contribution in [3.05, 3.63) is 64.7 Å². The lowest BCUT2D eigenvalue weighted by atomic mass is 10.0. The topological polar surface area (TPSA) is 37.4 Å². The number of benzene rings is 2. The van der Waals surface area contributed by atoms with Crippen LogP contribution in [-0.2, 0) is 11.3 Å². The Morgan fingerprint density at radius 1 is 1.00 bits per heavy atom. The third-order valence-electron chi connectivity index (χ3n) is 4.19. The molecule has 0 aromatic heterocycles. The van der Waals surface area contributed by atoms with Crippen LogP contribution in [0, 0.1) is 13.8 Å². The first-order valence-corrected chi connectivity index (χ1v) is 7.55. The molecule has 3 rings (SSSR count). The first kappa shape index (κ1) is 14.5. The van der Waals surface area contributed by atoms with Crippen molar-refractivity contribution in [1.82, 2.24) is 0 Å². The molecule has 0 bridgehead atoms. The van der Waals surface area contributed by atoms with Crippen molar-refractivity contribution in [1.29, 1.82) is 0 Å². The number of nitrogens with zero attached hydrogens (tertiary/aromatic N) is 1. The maximum Gasteiger partial charge on any atom is 0.227 e. The number of ketones is 1. The third kappa shape index (κ3) is 2.67. The highest BCUT2D eigenvalue weighted by atomic mass is 16.2. The fraction of sp³-hybridized carbons (Fsp3) is 0.263. The number of rotatable bonds is 2. The molecule has 0 spiro atoms. The van der Waals surface area contributed by atoms with Crippen LogP contribution >= 0.6 is 0 Å². The van der Waals surface area contributed by atoms with Crippen molar-refractivity contribution in [2.75, 3.05) is 4.90 Å². The molecule has 3 heteroatoms. The average molecular weight is 293 g/mol. The van der Waals surface area contributed by atoms with Crippen LogP contribution in [0.4, 0.5) is 5.69 Å². The number of aryl methyl sites for hydroxylation is 2. The SMILES string of the molecule is Cc1ccc(CN2C(=O)CCC(=O)c3ccccc32)c(C)c1. The lowest BCUT2D eigenvalue weighted by Gasteiger charge is -2.23. The predicted molar refractivity (Wildman–Crippen MR) is 87.1 cm³/mol. The van der Waals surface area contributed by atoms with Gasteiger partial charge in [-0.3, -0.25) is 9.59 Å². The molecule has 0 saturated carbocycles. The molecule has 0 N–H and O–H groups in total. The fourth-order valence-electron chi connectivity index (χ4n) is 2.94. The van der Waals surface area contributed by atoms with Crippen molar-refractivity contribution < 1.29 is 9.59 Å². The van der Waals surface area contributed by atoms with Gasteiger partial charge >= 0.3 is 0 Å². The zero-order chi connectivity index (χ0) is 15.7. The standard InChI is InChI=1S/C19H19NO2/c1-13-7-8-15(14(2)11-13)12-20-17-6-4-3-5-16(17)18(21)9-10-19(20)22/h3-8,11H,9-10,12H2,1-2H3. The molecule has 0 unspecified atom stereocenters. The summed E-state index contributed by atoms with van der Waals surface area (Å²) in [6, 6.07) is 13.6. The molecule has 0 radical (unpaired) electrons. The van der Waals surface area contributed by atoms with E-state index in [4.69, 9.17) is 0 Å². The van der Waals surface area contributed by atoms with Crippen LogP contribution in [0.3, 0.4) is 0 Å². The molecule has 112 valence electrons. The van der Waals surface area contributed by atoms with Crippen LogP contribution in [0.1, 0.15) is 39.9 Å². The molecule has 1 amide bonds. The first-order valence-electron chi connectivity index (χ1n) is 7.55. The summed E-state index contributed by atoms with van der Waals surface area (Å²) in [6.45, 7) is 4.62. The number of hydrogen-bond donors (Lipinski definition) is 0. The molecule has 2 aromatic rings. The van der Waals surface area contributed by atoms with E-state index in [-0.39, 0.29) is 18.1 Å². The quantitative estimate of drug-likeness (QED) is 0.844. The average Bonchev–Trinajstić information content (AvgIpc) is 2.62. The number of Topliss-reactive ketones (excluding diaryl/α,β-unsaturated/α-hetero) is 1. The van der Waals surface area contributed by atoms with Crippen molar-refractivity contribution >= 4 is 17.4 Å². The van der Waals surface area contributed by atoms with Crippen molar-refractivity contribution in [2.24, 2.45) is 0 Å². The largest absolute Gasteiger partial charge is 0.307 e. The summed E-state index contributed by atoms with van der Waals surface area (Å²) in [5, 5.41) is 0. The zero-order valence-electron chi connectivity index (χ0n) is 12.9. The number of anilines is 1. The van der Waals surface area contributed by atoms with Gasteiger partial charge in [0.2, 0.25) is 5.91 Å². The van der Waals surface area contributed by atoms with Gasteiger partial charge in [-0.1, -0.05) is 35.9 Å². The molecule has 0 atom stereocenters. The highest BCUT2D eigenvalue weighted by molar-refractivity contribution is 6.09. The number of para-hydroxylation sites is 1. The summed E-state index contributed by atoms with van der Waals surface area (Å²) in [5.74, 6) is 0.0605. The van der Waals surface area contributed by atoms with E-state index >= 15 is 0 Å². The fourth-order valence-corrected chi connectivity index (χ4v) is 2.94. The summed E-state index contributed by atoms with van der Waals surface area (Å²) in [5.41, 5.74) is 4.87. The maximum atomic E-state index is 12.5. The molecular formula is C19H19NO2. The number of fused-ring (bicyclic) bond motifs is 1. The lowest BCUT2D eigenvalue weighted by Crippen LogP contribution is -2.29. The summed E-state index contributed by atoms with van der Waals surface area (Å²) >= 11 is 0. The molecule has 1 aliphatic heterocycles. The van der Waals surface area contributed by atoms with Crippen molar-refractivity contribution in [3.8, 4) is 0 Å². The van der Waals surface area contributed by atoms with Gasteiger partial charge in [0, 0.05) is 18.4 Å². The normalized spacial score (nSPS) is 14.7. The van der Waals surface area contributed by atoms with Gasteiger partial charge in [-0.15, -0.1) is 0 Å². The predicted octanol–water partition coefficient (Wildman–Crippen LogP) is 3.81. The van der Waals surface area contributed by atoms with Crippen LogP contribution in [0.2, 0.25) is 0 Å². The summed E-state index contributed by atoms with van der Waals surface area (Å²) in [4.78, 5) is 26.4. The molecule has 1 heterocycles. The lowest BCUT2D eigenvalue weighted by molar-refractivity contribution is -0.118. The summed E-state index contributed by atoms with van der Waals surface area (Å²) in [7, 11) is 0. The van der Waals surface area contributed by atoms with Crippen molar-refractivity contribution in [3.63, 3.8) is 0 Å². The van der Waals surface area contributed by atoms with E-state index in [1.54, 1.807) is 4.90 Å². The number of amides is 1. The van der Waals surface area contributed by atoms with Gasteiger partial charge in [0.15, 0.2) is 5.78 Å². The number of carbonyl (C=O) groups excluding carboxylic acids is 2. The molecule has 0 saturated heterocycles. The molecule has 1 aliphatic rings. The van der Waals surface area contributed by atoms with Gasteiger partial charge in [-0.25, -0.2) is 0 Å². The van der Waals surface area contributed by atoms with E-state index in [0.717, 1.165) is 11.3 Å². The second-order valence-electron chi connectivity index (χ2n) is 5.85. The Morgan fingerprint density at radius 2 is 1.77 bits per heavy atom. The Morgan fingerprint density at radius 3 is 2.55 bits per heavy atom. The van der Waals surface area contributed by atoms with E-state index in [1.165, 1.54) is 11.1 Å². The molecule has 0 aliphatic carbocycles. The van der Waals surface area contributed by atoms with E-state index in [1.807, 2.05) is 24.3 Å². The molecule has 0 fully saturated rings. The van der Waals surface area contributed by atoms with Crippen LogP contribution in [0.5, 0.6) is 0 Å². The minimum Gasteiger partial charge on any atom is -0.307 e. The first-order chi connectivity index (χ1) is 10.6. The van der Waals surface area contributed by atoms with E-state index in [9.17, 15) is 9.59 Å². The van der Waals surface area contributed by atoms with Crippen LogP contribution < -0.4 is 4.90 Å². The number of hydrogen-bond acceptors (Lipinski definition) is 2. The Hall–Kier alpha value is -2.42. The Balaban J connectivity index is 2.02. The molecular weight excluding hydrogens is 274 g/mol. The van der Waals surface area contributed by atoms with Gasteiger partial charge in [0.05, 0.1) is 12.2 Å². The van der Waals surface area contributed by atoms with Gasteiger partial charge < -0.3 is 4.90 Å². The Bertz CT molecular complexity index is 749. The Kier molecular flexibility index (Phi) is 3.80. The van der Waals surface area contributed by atoms with Gasteiger partial charge in [-0.2, -0.15) is 0 Å².